The van der Waals surface area contributed by atoms with Gasteiger partial charge in [0.25, 0.3) is 0 Å². The van der Waals surface area contributed by atoms with E-state index in [-0.39, 0.29) is 6.04 Å². The van der Waals surface area contributed by atoms with E-state index in [0.717, 1.165) is 0 Å². The van der Waals surface area contributed by atoms with Crippen molar-refractivity contribution >= 4 is 11.5 Å². The summed E-state index contributed by atoms with van der Waals surface area (Å²) in [6, 6.07) is 8.49. The Morgan fingerprint density at radius 2 is 2.00 bits per heavy atom. The van der Waals surface area contributed by atoms with Gasteiger partial charge in [-0.2, -0.15) is 19.0 Å². The first-order chi connectivity index (χ1) is 14.6. The van der Waals surface area contributed by atoms with E-state index in [1.807, 2.05) is 6.07 Å². The normalized spacial score (nSPS) is 19.1. The van der Waals surface area contributed by atoms with E-state index in [1.165, 1.54) is 12.4 Å². The molecule has 1 saturated heterocycles. The molecule has 5 heterocycles. The van der Waals surface area contributed by atoms with Crippen molar-refractivity contribution < 1.29 is 13.2 Å². The molecule has 0 bridgehead atoms. The first-order valence-corrected chi connectivity index (χ1v) is 9.35. The second-order valence-electron chi connectivity index (χ2n) is 6.95. The molecule has 0 spiro atoms. The third-order valence-corrected chi connectivity index (χ3v) is 4.94. The maximum Gasteiger partial charge on any atom is 0.333 e. The number of nitrogens with zero attached hydrogens (tertiary/aromatic N) is 6. The summed E-state index contributed by atoms with van der Waals surface area (Å²) in [4.78, 5) is 8.91. The summed E-state index contributed by atoms with van der Waals surface area (Å²) in [5.74, 6) is 0.549. The molecule has 11 heteroatoms. The van der Waals surface area contributed by atoms with Crippen molar-refractivity contribution in [3.63, 3.8) is 0 Å². The van der Waals surface area contributed by atoms with Crippen molar-refractivity contribution in [3.8, 4) is 22.6 Å². The minimum atomic E-state index is -2.72. The molecule has 2 atom stereocenters. The number of aromatic nitrogens is 6. The van der Waals surface area contributed by atoms with Gasteiger partial charge in [-0.1, -0.05) is 6.07 Å². The number of anilines is 1. The Kier molecular flexibility index (Phi) is 4.58. The van der Waals surface area contributed by atoms with Crippen molar-refractivity contribution in [2.75, 3.05) is 18.4 Å². The molecule has 1 unspecified atom stereocenters. The average molecular weight is 414 g/mol. The average Bonchev–Trinajstić information content (AvgIpc) is 3.48. The number of halogens is 3. The van der Waals surface area contributed by atoms with Crippen molar-refractivity contribution in [2.45, 2.75) is 18.8 Å². The van der Waals surface area contributed by atoms with Gasteiger partial charge in [-0.15, -0.1) is 0 Å². The largest absolute Gasteiger partial charge is 0.363 e. The minimum Gasteiger partial charge on any atom is -0.363 e. The zero-order valence-electron chi connectivity index (χ0n) is 15.6. The van der Waals surface area contributed by atoms with Crippen LogP contribution in [0.2, 0.25) is 0 Å². The van der Waals surface area contributed by atoms with E-state index >= 15 is 0 Å². The molecule has 1 aliphatic heterocycles. The number of alkyl halides is 3. The molecular formula is C19H17F3N8. The van der Waals surface area contributed by atoms with E-state index in [9.17, 15) is 13.2 Å². The SMILES string of the molecule is FC1CNC[C@@H]1Nc1cccc(-c2cnc3ccc(-c4cnn(C(F)F)c4)nn23)n1. The van der Waals surface area contributed by atoms with Gasteiger partial charge in [-0.25, -0.2) is 23.6 Å². The van der Waals surface area contributed by atoms with Crippen LogP contribution in [0.5, 0.6) is 0 Å². The zero-order valence-corrected chi connectivity index (χ0v) is 15.6. The lowest BCUT2D eigenvalue weighted by atomic mass is 10.2. The molecule has 2 N–H and O–H groups in total. The molecule has 0 aliphatic carbocycles. The van der Waals surface area contributed by atoms with Crippen molar-refractivity contribution in [1.82, 2.24) is 34.7 Å². The lowest BCUT2D eigenvalue weighted by Crippen LogP contribution is -2.29. The van der Waals surface area contributed by atoms with Crippen LogP contribution in [0.3, 0.4) is 0 Å². The quantitative estimate of drug-likeness (QED) is 0.523. The number of hydrogen-bond acceptors (Lipinski definition) is 6. The Hall–Kier alpha value is -3.47. The highest BCUT2D eigenvalue weighted by Gasteiger charge is 2.26. The maximum atomic E-state index is 13.9. The van der Waals surface area contributed by atoms with Gasteiger partial charge in [0.05, 0.1) is 29.8 Å². The summed E-state index contributed by atoms with van der Waals surface area (Å²) < 4.78 is 41.7. The van der Waals surface area contributed by atoms with Crippen molar-refractivity contribution in [3.05, 3.63) is 48.9 Å². The van der Waals surface area contributed by atoms with Gasteiger partial charge < -0.3 is 10.6 Å². The number of rotatable bonds is 5. The molecule has 8 nitrogen and oxygen atoms in total. The molecule has 4 aromatic rings. The van der Waals surface area contributed by atoms with Crippen LogP contribution in [0.15, 0.2) is 48.9 Å². The van der Waals surface area contributed by atoms with Crippen molar-refractivity contribution in [2.24, 2.45) is 0 Å². The lowest BCUT2D eigenvalue weighted by Gasteiger charge is -2.15. The molecule has 4 aromatic heterocycles. The summed E-state index contributed by atoms with van der Waals surface area (Å²) in [5.41, 5.74) is 2.74. The van der Waals surface area contributed by atoms with E-state index in [1.54, 1.807) is 35.0 Å². The van der Waals surface area contributed by atoms with Crippen LogP contribution in [-0.2, 0) is 0 Å². The monoisotopic (exact) mass is 414 g/mol. The smallest absolute Gasteiger partial charge is 0.333 e. The molecule has 154 valence electrons. The van der Waals surface area contributed by atoms with E-state index in [2.05, 4.69) is 30.8 Å². The molecule has 1 fully saturated rings. The Labute approximate surface area is 168 Å². The fraction of sp³-hybridized carbons (Fsp3) is 0.263. The third kappa shape index (κ3) is 3.36. The standard InChI is InChI=1S/C19H17F3N8/c20-12-7-23-8-15(12)27-17-3-1-2-14(26-17)16-9-24-18-5-4-13(28-30(16)18)11-6-25-29(10-11)19(21)22/h1-6,9-10,12,15,19,23H,7-8H2,(H,26,27)/t12?,15-/m0/s1. The number of imidazole rings is 1. The molecule has 0 radical (unpaired) electrons. The summed E-state index contributed by atoms with van der Waals surface area (Å²) >= 11 is 0. The summed E-state index contributed by atoms with van der Waals surface area (Å²) in [6.45, 7) is -1.87. The minimum absolute atomic E-state index is 0.319. The molecule has 0 saturated carbocycles. The molecule has 30 heavy (non-hydrogen) atoms. The molecular weight excluding hydrogens is 397 g/mol. The Balaban J connectivity index is 1.49. The maximum absolute atomic E-state index is 13.9. The summed E-state index contributed by atoms with van der Waals surface area (Å²) in [7, 11) is 0. The predicted octanol–water partition coefficient (Wildman–Crippen LogP) is 2.77. The van der Waals surface area contributed by atoms with Crippen LogP contribution in [0.1, 0.15) is 6.55 Å². The fourth-order valence-electron chi connectivity index (χ4n) is 3.41. The second kappa shape index (κ2) is 7.41. The lowest BCUT2D eigenvalue weighted by molar-refractivity contribution is 0.0566. The summed E-state index contributed by atoms with van der Waals surface area (Å²) in [6.07, 6.45) is 3.23. The van der Waals surface area contributed by atoms with Crippen LogP contribution in [-0.4, -0.2) is 54.7 Å². The second-order valence-corrected chi connectivity index (χ2v) is 6.95. The Morgan fingerprint density at radius 1 is 1.10 bits per heavy atom. The van der Waals surface area contributed by atoms with Crippen molar-refractivity contribution in [1.29, 1.82) is 0 Å². The van der Waals surface area contributed by atoms with Gasteiger partial charge >= 0.3 is 6.55 Å². The Morgan fingerprint density at radius 3 is 2.77 bits per heavy atom. The van der Waals surface area contributed by atoms with Gasteiger partial charge in [-0.05, 0) is 24.3 Å². The highest BCUT2D eigenvalue weighted by atomic mass is 19.3. The first kappa shape index (κ1) is 18.6. The highest BCUT2D eigenvalue weighted by molar-refractivity contribution is 5.64. The van der Waals surface area contributed by atoms with Gasteiger partial charge in [0.1, 0.15) is 17.7 Å². The fourth-order valence-corrected chi connectivity index (χ4v) is 3.41. The van der Waals surface area contributed by atoms with Gasteiger partial charge in [0.2, 0.25) is 0 Å². The highest BCUT2D eigenvalue weighted by Crippen LogP contribution is 2.24. The Bertz CT molecular complexity index is 1190. The van der Waals surface area contributed by atoms with Gasteiger partial charge in [0.15, 0.2) is 5.65 Å². The number of fused-ring (bicyclic) bond motifs is 1. The number of nitrogens with one attached hydrogen (secondary N) is 2. The molecule has 5 rings (SSSR count). The first-order valence-electron chi connectivity index (χ1n) is 9.35. The molecule has 0 aromatic carbocycles. The van der Waals surface area contributed by atoms with E-state index < -0.39 is 12.7 Å². The van der Waals surface area contributed by atoms with Crippen LogP contribution in [0.4, 0.5) is 19.0 Å². The van der Waals surface area contributed by atoms with Gasteiger partial charge in [-0.3, -0.25) is 0 Å². The van der Waals surface area contributed by atoms with E-state index in [4.69, 9.17) is 0 Å². The summed E-state index contributed by atoms with van der Waals surface area (Å²) in [5, 5.41) is 14.3. The van der Waals surface area contributed by atoms with Gasteiger partial charge in [0, 0.05) is 24.8 Å². The number of hydrogen-bond donors (Lipinski definition) is 2. The van der Waals surface area contributed by atoms with Crippen LogP contribution in [0.25, 0.3) is 28.3 Å². The van der Waals surface area contributed by atoms with Crippen LogP contribution in [0, 0.1) is 0 Å². The third-order valence-electron chi connectivity index (χ3n) is 4.94. The van der Waals surface area contributed by atoms with E-state index in [0.29, 0.717) is 51.9 Å². The zero-order chi connectivity index (χ0) is 20.7. The topological polar surface area (TPSA) is 85.0 Å². The number of pyridine rings is 1. The molecule has 0 amide bonds. The van der Waals surface area contributed by atoms with Crippen LogP contribution < -0.4 is 10.6 Å². The molecule has 1 aliphatic rings. The van der Waals surface area contributed by atoms with Crippen LogP contribution >= 0.6 is 0 Å². The predicted molar refractivity (Wildman–Crippen MR) is 104 cm³/mol.